The van der Waals surface area contributed by atoms with E-state index in [0.717, 1.165) is 10.3 Å². The predicted molar refractivity (Wildman–Crippen MR) is 112 cm³/mol. The standard InChI is InChI=1S/C21H19N3O4S/c1-24-8-7-20(23-24)22-21(25)13-9-18(27-14-3-5-16(29)6-4-14)17-11-15(12-26-2)28-19(17)10-13/h3-11,29H,12H2,1-2H3,(H,22,23,25). The summed E-state index contributed by atoms with van der Waals surface area (Å²) in [5.41, 5.74) is 0.925. The van der Waals surface area contributed by atoms with Crippen LogP contribution in [-0.2, 0) is 18.4 Å². The SMILES string of the molecule is COCc1cc2c(Oc3ccc(S)cc3)cc(C(=O)Nc3ccn(C)n3)cc2o1. The second-order valence-electron chi connectivity index (χ2n) is 6.46. The van der Waals surface area contributed by atoms with Crippen molar-refractivity contribution in [2.24, 2.45) is 7.05 Å². The van der Waals surface area contributed by atoms with Gasteiger partial charge in [0.05, 0.1) is 5.39 Å². The van der Waals surface area contributed by atoms with E-state index in [2.05, 4.69) is 23.0 Å². The summed E-state index contributed by atoms with van der Waals surface area (Å²) in [6.45, 7) is 0.317. The number of rotatable bonds is 6. The van der Waals surface area contributed by atoms with Gasteiger partial charge in [-0.3, -0.25) is 9.48 Å². The van der Waals surface area contributed by atoms with Gasteiger partial charge in [-0.05, 0) is 42.5 Å². The molecule has 8 heteroatoms. The first kappa shape index (κ1) is 19.1. The zero-order chi connectivity index (χ0) is 20.4. The van der Waals surface area contributed by atoms with Crippen LogP contribution in [0.2, 0.25) is 0 Å². The average molecular weight is 409 g/mol. The van der Waals surface area contributed by atoms with Gasteiger partial charge in [-0.15, -0.1) is 12.6 Å². The van der Waals surface area contributed by atoms with E-state index in [1.54, 1.807) is 43.2 Å². The van der Waals surface area contributed by atoms with Gasteiger partial charge in [-0.25, -0.2) is 0 Å². The first-order valence-corrected chi connectivity index (χ1v) is 9.30. The molecular weight excluding hydrogens is 390 g/mol. The summed E-state index contributed by atoms with van der Waals surface area (Å²) in [4.78, 5) is 13.6. The van der Waals surface area contributed by atoms with E-state index in [0.29, 0.717) is 40.8 Å². The fourth-order valence-corrected chi connectivity index (χ4v) is 3.05. The maximum atomic E-state index is 12.8. The smallest absolute Gasteiger partial charge is 0.257 e. The Labute approximate surface area is 172 Å². The molecule has 0 saturated heterocycles. The Balaban J connectivity index is 1.72. The van der Waals surface area contributed by atoms with Crippen molar-refractivity contribution in [1.82, 2.24) is 9.78 Å². The fourth-order valence-electron chi connectivity index (χ4n) is 2.90. The third-order valence-corrected chi connectivity index (χ3v) is 4.52. The third kappa shape index (κ3) is 4.28. The lowest BCUT2D eigenvalue weighted by Gasteiger charge is -2.09. The van der Waals surface area contributed by atoms with Crippen molar-refractivity contribution in [2.75, 3.05) is 12.4 Å². The van der Waals surface area contributed by atoms with Crippen LogP contribution in [0.25, 0.3) is 11.0 Å². The topological polar surface area (TPSA) is 78.5 Å². The molecule has 1 amide bonds. The second kappa shape index (κ2) is 8.02. The maximum absolute atomic E-state index is 12.8. The lowest BCUT2D eigenvalue weighted by molar-refractivity contribution is 0.102. The molecule has 4 aromatic rings. The molecule has 0 aliphatic heterocycles. The number of thiol groups is 1. The number of carbonyl (C=O) groups is 1. The summed E-state index contributed by atoms with van der Waals surface area (Å²) in [5, 5.41) is 7.69. The molecule has 29 heavy (non-hydrogen) atoms. The minimum Gasteiger partial charge on any atom is -0.458 e. The lowest BCUT2D eigenvalue weighted by Crippen LogP contribution is -2.12. The number of furan rings is 1. The highest BCUT2D eigenvalue weighted by molar-refractivity contribution is 7.80. The van der Waals surface area contributed by atoms with Crippen LogP contribution >= 0.6 is 12.6 Å². The minimum atomic E-state index is -0.314. The number of hydrogen-bond donors (Lipinski definition) is 2. The molecule has 0 aliphatic carbocycles. The summed E-state index contributed by atoms with van der Waals surface area (Å²) in [5.74, 6) is 1.92. The minimum absolute atomic E-state index is 0.314. The fraction of sp³-hybridized carbons (Fsp3) is 0.143. The molecule has 2 heterocycles. The molecule has 1 N–H and O–H groups in total. The molecule has 7 nitrogen and oxygen atoms in total. The van der Waals surface area contributed by atoms with E-state index in [9.17, 15) is 4.79 Å². The number of carbonyl (C=O) groups excluding carboxylic acids is 1. The number of aryl methyl sites for hydroxylation is 1. The van der Waals surface area contributed by atoms with Crippen LogP contribution in [0.3, 0.4) is 0 Å². The first-order valence-electron chi connectivity index (χ1n) is 8.85. The summed E-state index contributed by atoms with van der Waals surface area (Å²) < 4.78 is 18.7. The van der Waals surface area contributed by atoms with Gasteiger partial charge in [0, 0.05) is 36.9 Å². The van der Waals surface area contributed by atoms with Gasteiger partial charge in [-0.2, -0.15) is 5.10 Å². The summed E-state index contributed by atoms with van der Waals surface area (Å²) in [7, 11) is 3.37. The van der Waals surface area contributed by atoms with Gasteiger partial charge in [0.25, 0.3) is 5.91 Å². The molecule has 4 rings (SSSR count). The van der Waals surface area contributed by atoms with Crippen molar-refractivity contribution in [3.8, 4) is 11.5 Å². The van der Waals surface area contributed by atoms with Crippen molar-refractivity contribution in [3.63, 3.8) is 0 Å². The molecule has 0 bridgehead atoms. The van der Waals surface area contributed by atoms with E-state index in [-0.39, 0.29) is 5.91 Å². The van der Waals surface area contributed by atoms with Crippen LogP contribution in [-0.4, -0.2) is 22.8 Å². The number of benzene rings is 2. The highest BCUT2D eigenvalue weighted by atomic mass is 32.1. The summed E-state index contributed by atoms with van der Waals surface area (Å²) in [6, 6.07) is 14.2. The number of amides is 1. The third-order valence-electron chi connectivity index (χ3n) is 4.22. The molecule has 0 spiro atoms. The van der Waals surface area contributed by atoms with Crippen LogP contribution in [0.4, 0.5) is 5.82 Å². The Morgan fingerprint density at radius 1 is 1.21 bits per heavy atom. The lowest BCUT2D eigenvalue weighted by atomic mass is 10.1. The number of aromatic nitrogens is 2. The van der Waals surface area contributed by atoms with Crippen LogP contribution in [0.5, 0.6) is 11.5 Å². The van der Waals surface area contributed by atoms with Crippen LogP contribution in [0.1, 0.15) is 16.1 Å². The number of ether oxygens (including phenoxy) is 2. The van der Waals surface area contributed by atoms with Crippen LogP contribution in [0, 0.1) is 0 Å². The molecule has 0 fully saturated rings. The van der Waals surface area contributed by atoms with E-state index < -0.39 is 0 Å². The Bertz CT molecular complexity index is 1160. The molecule has 0 saturated carbocycles. The summed E-state index contributed by atoms with van der Waals surface area (Å²) >= 11 is 4.29. The molecule has 0 unspecified atom stereocenters. The number of nitrogens with one attached hydrogen (secondary N) is 1. The van der Waals surface area contributed by atoms with Gasteiger partial charge in [0.2, 0.25) is 0 Å². The van der Waals surface area contributed by atoms with Crippen molar-refractivity contribution in [1.29, 1.82) is 0 Å². The average Bonchev–Trinajstić information content (AvgIpc) is 3.29. The van der Waals surface area contributed by atoms with E-state index >= 15 is 0 Å². The van der Waals surface area contributed by atoms with Crippen LogP contribution < -0.4 is 10.1 Å². The van der Waals surface area contributed by atoms with Crippen molar-refractivity contribution >= 4 is 35.3 Å². The highest BCUT2D eigenvalue weighted by Crippen LogP contribution is 2.34. The highest BCUT2D eigenvalue weighted by Gasteiger charge is 2.17. The Hall–Kier alpha value is -3.23. The normalized spacial score (nSPS) is 11.0. The predicted octanol–water partition coefficient (Wildman–Crippen LogP) is 4.65. The van der Waals surface area contributed by atoms with Crippen molar-refractivity contribution < 1.29 is 18.7 Å². The Morgan fingerprint density at radius 2 is 2.00 bits per heavy atom. The molecule has 0 atom stereocenters. The Morgan fingerprint density at radius 3 is 2.69 bits per heavy atom. The number of hydrogen-bond acceptors (Lipinski definition) is 6. The van der Waals surface area contributed by atoms with Gasteiger partial charge < -0.3 is 19.2 Å². The van der Waals surface area contributed by atoms with Gasteiger partial charge >= 0.3 is 0 Å². The van der Waals surface area contributed by atoms with Crippen molar-refractivity contribution in [3.05, 3.63) is 66.1 Å². The largest absolute Gasteiger partial charge is 0.458 e. The monoisotopic (exact) mass is 409 g/mol. The van der Waals surface area contributed by atoms with Gasteiger partial charge in [-0.1, -0.05) is 0 Å². The van der Waals surface area contributed by atoms with Crippen molar-refractivity contribution in [2.45, 2.75) is 11.5 Å². The van der Waals surface area contributed by atoms with E-state index in [4.69, 9.17) is 13.9 Å². The summed E-state index contributed by atoms with van der Waals surface area (Å²) in [6.07, 6.45) is 1.75. The molecule has 0 radical (unpaired) electrons. The number of nitrogens with zero attached hydrogens (tertiary/aromatic N) is 2. The number of fused-ring (bicyclic) bond motifs is 1. The number of methoxy groups -OCH3 is 1. The molecule has 0 aliphatic rings. The second-order valence-corrected chi connectivity index (χ2v) is 6.97. The molecule has 2 aromatic carbocycles. The van der Waals surface area contributed by atoms with Gasteiger partial charge in [0.1, 0.15) is 29.4 Å². The molecular formula is C21H19N3O4S. The van der Waals surface area contributed by atoms with Crippen LogP contribution in [0.15, 0.2) is 64.0 Å². The first-order chi connectivity index (χ1) is 14.0. The van der Waals surface area contributed by atoms with Gasteiger partial charge in [0.15, 0.2) is 5.82 Å². The van der Waals surface area contributed by atoms with E-state index in [1.807, 2.05) is 30.3 Å². The quantitative estimate of drug-likeness (QED) is 0.454. The zero-order valence-corrected chi connectivity index (χ0v) is 16.8. The van der Waals surface area contributed by atoms with E-state index in [1.165, 1.54) is 0 Å². The maximum Gasteiger partial charge on any atom is 0.257 e. The zero-order valence-electron chi connectivity index (χ0n) is 15.9. The number of anilines is 1. The molecule has 2 aromatic heterocycles. The Kier molecular flexibility index (Phi) is 5.28. The molecule has 148 valence electrons.